The Morgan fingerprint density at radius 3 is 2.05 bits per heavy atom. The lowest BCUT2D eigenvalue weighted by molar-refractivity contribution is 0.600. The summed E-state index contributed by atoms with van der Waals surface area (Å²) in [6.45, 7) is 9.74. The van der Waals surface area contributed by atoms with Gasteiger partial charge in [0.2, 0.25) is 0 Å². The second-order valence-corrected chi connectivity index (χ2v) is 7.69. The van der Waals surface area contributed by atoms with E-state index in [2.05, 4.69) is 18.6 Å². The number of hydrogen-bond donors (Lipinski definition) is 1. The molecule has 2 aromatic carbocycles. The highest BCUT2D eigenvalue weighted by Crippen LogP contribution is 2.28. The van der Waals surface area contributed by atoms with Crippen molar-refractivity contribution in [3.05, 3.63) is 58.7 Å². The maximum atomic E-state index is 12.8. The Hall–Kier alpha value is -1.81. The van der Waals surface area contributed by atoms with E-state index in [0.717, 1.165) is 22.3 Å². The van der Waals surface area contributed by atoms with E-state index in [4.69, 9.17) is 0 Å². The Labute approximate surface area is 133 Å². The summed E-state index contributed by atoms with van der Waals surface area (Å²) in [5.41, 5.74) is 4.25. The van der Waals surface area contributed by atoms with E-state index < -0.39 is 10.0 Å². The van der Waals surface area contributed by atoms with Crippen LogP contribution in [-0.2, 0) is 10.0 Å². The first-order valence-electron chi connectivity index (χ1n) is 7.42. The minimum absolute atomic E-state index is 0.249. The van der Waals surface area contributed by atoms with Gasteiger partial charge in [0, 0.05) is 0 Å². The predicted octanol–water partition coefficient (Wildman–Crippen LogP) is 4.54. The van der Waals surface area contributed by atoms with Crippen LogP contribution >= 0.6 is 0 Å². The van der Waals surface area contributed by atoms with E-state index in [-0.39, 0.29) is 5.92 Å². The van der Waals surface area contributed by atoms with Crippen molar-refractivity contribution in [1.82, 2.24) is 0 Å². The summed E-state index contributed by atoms with van der Waals surface area (Å²) >= 11 is 0. The topological polar surface area (TPSA) is 46.2 Å². The Bertz CT molecular complexity index is 769. The summed E-state index contributed by atoms with van der Waals surface area (Å²) in [6.07, 6.45) is 0. The predicted molar refractivity (Wildman–Crippen MR) is 92.0 cm³/mol. The summed E-state index contributed by atoms with van der Waals surface area (Å²) in [4.78, 5) is 0.372. The van der Waals surface area contributed by atoms with Crippen LogP contribution < -0.4 is 4.72 Å². The standard InChI is InChI=1S/C18H23NO2S/c1-12(2)16-8-6-7-9-17(16)19-22(20,21)18-14(4)10-13(3)11-15(18)5/h6-12,19H,1-5H3. The maximum Gasteiger partial charge on any atom is 0.262 e. The summed E-state index contributed by atoms with van der Waals surface area (Å²) in [5, 5.41) is 0. The fourth-order valence-electron chi connectivity index (χ4n) is 2.88. The average Bonchev–Trinajstić information content (AvgIpc) is 2.36. The lowest BCUT2D eigenvalue weighted by Crippen LogP contribution is -2.17. The molecule has 4 heteroatoms. The van der Waals surface area contributed by atoms with Gasteiger partial charge in [-0.15, -0.1) is 0 Å². The first-order valence-corrected chi connectivity index (χ1v) is 8.90. The molecule has 0 bridgehead atoms. The molecule has 0 amide bonds. The zero-order valence-corrected chi connectivity index (χ0v) is 14.6. The summed E-state index contributed by atoms with van der Waals surface area (Å²) in [5.74, 6) is 0.249. The Morgan fingerprint density at radius 1 is 0.955 bits per heavy atom. The van der Waals surface area contributed by atoms with Gasteiger partial charge in [-0.2, -0.15) is 0 Å². The van der Waals surface area contributed by atoms with Gasteiger partial charge >= 0.3 is 0 Å². The molecule has 0 radical (unpaired) electrons. The number of benzene rings is 2. The van der Waals surface area contributed by atoms with E-state index in [0.29, 0.717) is 10.6 Å². The van der Waals surface area contributed by atoms with Gasteiger partial charge < -0.3 is 0 Å². The largest absolute Gasteiger partial charge is 0.279 e. The number of hydrogen-bond acceptors (Lipinski definition) is 2. The highest BCUT2D eigenvalue weighted by molar-refractivity contribution is 7.92. The Balaban J connectivity index is 2.50. The fourth-order valence-corrected chi connectivity index (χ4v) is 4.42. The van der Waals surface area contributed by atoms with Gasteiger partial charge in [-0.1, -0.05) is 49.7 Å². The first-order chi connectivity index (χ1) is 10.2. The molecule has 0 unspecified atom stereocenters. The van der Waals surface area contributed by atoms with Crippen LogP contribution in [-0.4, -0.2) is 8.42 Å². The van der Waals surface area contributed by atoms with Crippen LogP contribution in [0.4, 0.5) is 5.69 Å². The van der Waals surface area contributed by atoms with Crippen molar-refractivity contribution in [3.8, 4) is 0 Å². The molecule has 0 atom stereocenters. The van der Waals surface area contributed by atoms with Crippen molar-refractivity contribution < 1.29 is 8.42 Å². The molecule has 0 aliphatic heterocycles. The van der Waals surface area contributed by atoms with Crippen LogP contribution in [0.25, 0.3) is 0 Å². The molecule has 3 nitrogen and oxygen atoms in total. The third-order valence-electron chi connectivity index (χ3n) is 3.70. The van der Waals surface area contributed by atoms with Gasteiger partial charge in [-0.05, 0) is 49.4 Å². The first kappa shape index (κ1) is 16.6. The van der Waals surface area contributed by atoms with Crippen molar-refractivity contribution in [2.24, 2.45) is 0 Å². The lowest BCUT2D eigenvalue weighted by atomic mass is 10.0. The molecule has 0 saturated heterocycles. The van der Waals surface area contributed by atoms with Crippen molar-refractivity contribution in [1.29, 1.82) is 0 Å². The van der Waals surface area contributed by atoms with Crippen LogP contribution in [0.2, 0.25) is 0 Å². The number of para-hydroxylation sites is 1. The molecular weight excluding hydrogens is 294 g/mol. The molecule has 0 spiro atoms. The maximum absolute atomic E-state index is 12.8. The summed E-state index contributed by atoms with van der Waals surface area (Å²) in [6, 6.07) is 11.3. The molecule has 0 saturated carbocycles. The van der Waals surface area contributed by atoms with E-state index in [1.165, 1.54) is 0 Å². The number of aryl methyl sites for hydroxylation is 3. The normalized spacial score (nSPS) is 11.7. The summed E-state index contributed by atoms with van der Waals surface area (Å²) < 4.78 is 28.4. The third kappa shape index (κ3) is 3.33. The SMILES string of the molecule is Cc1cc(C)c(S(=O)(=O)Nc2ccccc2C(C)C)c(C)c1. The van der Waals surface area contributed by atoms with E-state index in [1.807, 2.05) is 57.2 Å². The number of anilines is 1. The quantitative estimate of drug-likeness (QED) is 0.900. The Morgan fingerprint density at radius 2 is 1.50 bits per heavy atom. The van der Waals surface area contributed by atoms with E-state index in [9.17, 15) is 8.42 Å². The molecule has 0 heterocycles. The second kappa shape index (κ2) is 6.13. The minimum Gasteiger partial charge on any atom is -0.279 e. The smallest absolute Gasteiger partial charge is 0.262 e. The van der Waals surface area contributed by atoms with Crippen LogP contribution in [0.5, 0.6) is 0 Å². The van der Waals surface area contributed by atoms with Crippen molar-refractivity contribution in [2.45, 2.75) is 45.4 Å². The minimum atomic E-state index is -3.60. The van der Waals surface area contributed by atoms with Gasteiger partial charge in [0.15, 0.2) is 0 Å². The highest BCUT2D eigenvalue weighted by Gasteiger charge is 2.21. The van der Waals surface area contributed by atoms with Crippen LogP contribution in [0.15, 0.2) is 41.3 Å². The number of nitrogens with one attached hydrogen (secondary N) is 1. The van der Waals surface area contributed by atoms with Crippen LogP contribution in [0.3, 0.4) is 0 Å². The third-order valence-corrected chi connectivity index (χ3v) is 5.37. The molecule has 118 valence electrons. The molecule has 0 aliphatic carbocycles. The zero-order valence-electron chi connectivity index (χ0n) is 13.8. The van der Waals surface area contributed by atoms with Crippen molar-refractivity contribution in [2.75, 3.05) is 4.72 Å². The molecule has 2 aromatic rings. The monoisotopic (exact) mass is 317 g/mol. The fraction of sp³-hybridized carbons (Fsp3) is 0.333. The van der Waals surface area contributed by atoms with Crippen molar-refractivity contribution in [3.63, 3.8) is 0 Å². The number of sulfonamides is 1. The van der Waals surface area contributed by atoms with E-state index in [1.54, 1.807) is 0 Å². The van der Waals surface area contributed by atoms with Gasteiger partial charge in [-0.3, -0.25) is 4.72 Å². The van der Waals surface area contributed by atoms with Crippen LogP contribution in [0, 0.1) is 20.8 Å². The van der Waals surface area contributed by atoms with Gasteiger partial charge in [0.05, 0.1) is 10.6 Å². The van der Waals surface area contributed by atoms with Crippen LogP contribution in [0.1, 0.15) is 42.0 Å². The zero-order chi connectivity index (χ0) is 16.5. The molecule has 2 rings (SSSR count). The van der Waals surface area contributed by atoms with E-state index >= 15 is 0 Å². The molecular formula is C18H23NO2S. The average molecular weight is 317 g/mol. The molecule has 1 N–H and O–H groups in total. The molecule has 0 fully saturated rings. The molecule has 0 aliphatic rings. The van der Waals surface area contributed by atoms with Crippen molar-refractivity contribution >= 4 is 15.7 Å². The lowest BCUT2D eigenvalue weighted by Gasteiger charge is -2.17. The summed E-state index contributed by atoms with van der Waals surface area (Å²) in [7, 11) is -3.60. The van der Waals surface area contributed by atoms with Gasteiger partial charge in [-0.25, -0.2) is 8.42 Å². The molecule has 22 heavy (non-hydrogen) atoms. The number of rotatable bonds is 4. The second-order valence-electron chi connectivity index (χ2n) is 6.08. The Kier molecular flexibility index (Phi) is 4.61. The highest BCUT2D eigenvalue weighted by atomic mass is 32.2. The molecule has 0 aromatic heterocycles. The van der Waals surface area contributed by atoms with Gasteiger partial charge in [0.1, 0.15) is 0 Å². The van der Waals surface area contributed by atoms with Gasteiger partial charge in [0.25, 0.3) is 10.0 Å².